The summed E-state index contributed by atoms with van der Waals surface area (Å²) in [6.45, 7) is 20.2. The van der Waals surface area contributed by atoms with Gasteiger partial charge < -0.3 is 48.8 Å². The van der Waals surface area contributed by atoms with Gasteiger partial charge >= 0.3 is 11.9 Å². The molecule has 0 aromatic heterocycles. The number of carbonyl (C=O) groups is 4. The minimum Gasteiger partial charge on any atom is -0.490 e. The molecule has 14 nitrogen and oxygen atoms in total. The number of methoxy groups -OCH3 is 2. The molecular weight excluding hydrogens is 1150 g/mol. The van der Waals surface area contributed by atoms with Gasteiger partial charge in [0.15, 0.2) is 0 Å². The van der Waals surface area contributed by atoms with Crippen LogP contribution < -0.4 is 19.3 Å². The van der Waals surface area contributed by atoms with E-state index in [9.17, 15) is 29.4 Å². The second-order valence-electron chi connectivity index (χ2n) is 25.5. The quantitative estimate of drug-likeness (QED) is 0.0567. The number of anilines is 2. The molecule has 2 aliphatic heterocycles. The molecule has 10 atom stereocenters. The molecule has 4 aliphatic carbocycles. The Hall–Kier alpha value is -6.58. The summed E-state index contributed by atoms with van der Waals surface area (Å²) >= 11 is 12.8. The van der Waals surface area contributed by atoms with Crippen LogP contribution in [-0.4, -0.2) is 137 Å². The Bertz CT molecular complexity index is 3000. The predicted octanol–water partition coefficient (Wildman–Crippen LogP) is 12.1. The first-order valence-corrected chi connectivity index (χ1v) is 32.2. The molecule has 2 saturated carbocycles. The van der Waals surface area contributed by atoms with Crippen molar-refractivity contribution in [3.63, 3.8) is 0 Å². The maximum atomic E-state index is 13.1. The molecule has 2 amide bonds. The van der Waals surface area contributed by atoms with Gasteiger partial charge in [0.25, 0.3) is 0 Å². The van der Waals surface area contributed by atoms with E-state index in [1.165, 1.54) is 36.5 Å². The number of halogens is 2. The molecule has 472 valence electrons. The standard InChI is InChI=1S/2C36H45ClN2O5/c2*1-5-7-17-38(3)34(41)20-29(35(42)43-4)24-11-15-33-31(19-24)39(21-26-10-13-28(26)32(40)6-2)22-36(23-44-33)16-8-9-25-18-27(37)12-14-30(25)36/h2*5-6,11-12,14-15,18-19,26,28-29,32,40H,1-2,7-10,13,16-17,20-23H2,3-4H3/t26-,28+,29+,32-,36-;26-,28+,29-,32-,36-/m00/s1. The van der Waals surface area contributed by atoms with Crippen LogP contribution in [0.3, 0.4) is 0 Å². The van der Waals surface area contributed by atoms with Crippen LogP contribution >= 0.6 is 23.2 Å². The zero-order valence-corrected chi connectivity index (χ0v) is 53.5. The van der Waals surface area contributed by atoms with E-state index in [1.54, 1.807) is 48.2 Å². The minimum atomic E-state index is -0.750. The summed E-state index contributed by atoms with van der Waals surface area (Å²) in [6.07, 6.45) is 17.1. The number of aryl methyl sites for hydroxylation is 2. The third-order valence-electron chi connectivity index (χ3n) is 20.1. The first-order valence-electron chi connectivity index (χ1n) is 31.5. The van der Waals surface area contributed by atoms with E-state index in [2.05, 4.69) is 60.4 Å². The van der Waals surface area contributed by atoms with Gasteiger partial charge in [-0.3, -0.25) is 19.2 Å². The lowest BCUT2D eigenvalue weighted by Gasteiger charge is -2.45. The number of nitrogens with zero attached hydrogens (tertiary/aromatic N) is 4. The Kier molecular flexibility index (Phi) is 22.0. The summed E-state index contributed by atoms with van der Waals surface area (Å²) in [4.78, 5) is 60.5. The Morgan fingerprint density at radius 1 is 0.625 bits per heavy atom. The molecule has 88 heavy (non-hydrogen) atoms. The number of fused-ring (bicyclic) bond motifs is 6. The van der Waals surface area contributed by atoms with Crippen LogP contribution in [0.2, 0.25) is 10.0 Å². The normalized spacial score (nSPS) is 23.6. The van der Waals surface area contributed by atoms with E-state index >= 15 is 0 Å². The molecule has 2 spiro atoms. The Balaban J connectivity index is 0.000000209. The summed E-state index contributed by atoms with van der Waals surface area (Å²) in [6, 6.07) is 24.1. The molecule has 0 saturated heterocycles. The molecule has 10 rings (SSSR count). The van der Waals surface area contributed by atoms with Gasteiger partial charge in [0, 0.05) is 87.1 Å². The average Bonchev–Trinajstić information content (AvgIpc) is 1.52. The van der Waals surface area contributed by atoms with E-state index in [0.29, 0.717) is 51.0 Å². The number of hydrogen-bond acceptors (Lipinski definition) is 12. The van der Waals surface area contributed by atoms with Crippen molar-refractivity contribution in [1.82, 2.24) is 9.80 Å². The Morgan fingerprint density at radius 2 is 1.03 bits per heavy atom. The lowest BCUT2D eigenvalue weighted by Crippen LogP contribution is -2.49. The summed E-state index contributed by atoms with van der Waals surface area (Å²) in [5.74, 6) is -0.243. The van der Waals surface area contributed by atoms with Gasteiger partial charge in [-0.25, -0.2) is 0 Å². The molecule has 6 aliphatic rings. The number of ether oxygens (including phenoxy) is 4. The molecular formula is C72H90Cl2N4O10. The smallest absolute Gasteiger partial charge is 0.313 e. The van der Waals surface area contributed by atoms with Gasteiger partial charge in [-0.2, -0.15) is 0 Å². The molecule has 4 aromatic carbocycles. The van der Waals surface area contributed by atoms with E-state index in [1.807, 2.05) is 48.5 Å². The highest BCUT2D eigenvalue weighted by Crippen LogP contribution is 2.50. The number of amides is 2. The largest absolute Gasteiger partial charge is 0.490 e. The fourth-order valence-corrected chi connectivity index (χ4v) is 15.0. The number of rotatable bonds is 22. The van der Waals surface area contributed by atoms with Crippen molar-refractivity contribution in [2.24, 2.45) is 23.7 Å². The molecule has 2 N–H and O–H groups in total. The average molecular weight is 1240 g/mol. The number of aliphatic hydroxyl groups is 2. The monoisotopic (exact) mass is 1240 g/mol. The third kappa shape index (κ3) is 14.5. The highest BCUT2D eigenvalue weighted by atomic mass is 35.5. The number of aliphatic hydroxyl groups excluding tert-OH is 2. The number of hydrogen-bond donors (Lipinski definition) is 2. The van der Waals surface area contributed by atoms with Crippen molar-refractivity contribution in [2.75, 3.05) is 90.6 Å². The zero-order valence-electron chi connectivity index (χ0n) is 51.9. The summed E-state index contributed by atoms with van der Waals surface area (Å²) < 4.78 is 23.6. The van der Waals surface area contributed by atoms with Crippen LogP contribution in [0.1, 0.15) is 122 Å². The molecule has 16 heteroatoms. The first kappa shape index (κ1) is 65.9. The maximum absolute atomic E-state index is 13.1. The molecule has 2 heterocycles. The number of carbonyl (C=O) groups excluding carboxylic acids is 4. The van der Waals surface area contributed by atoms with Crippen molar-refractivity contribution < 1.29 is 48.3 Å². The molecule has 4 aromatic rings. The zero-order chi connectivity index (χ0) is 62.9. The van der Waals surface area contributed by atoms with Crippen LogP contribution in [0, 0.1) is 23.7 Å². The van der Waals surface area contributed by atoms with Crippen LogP contribution in [0.15, 0.2) is 123 Å². The summed E-state index contributed by atoms with van der Waals surface area (Å²) in [5.41, 5.74) is 7.88. The molecule has 2 fully saturated rings. The van der Waals surface area contributed by atoms with Gasteiger partial charge in [0.1, 0.15) is 11.5 Å². The highest BCUT2D eigenvalue weighted by Gasteiger charge is 2.47. The molecule has 0 unspecified atom stereocenters. The lowest BCUT2D eigenvalue weighted by molar-refractivity contribution is -0.145. The van der Waals surface area contributed by atoms with Crippen molar-refractivity contribution in [2.45, 2.75) is 125 Å². The van der Waals surface area contributed by atoms with E-state index in [4.69, 9.17) is 42.1 Å². The Morgan fingerprint density at radius 3 is 1.39 bits per heavy atom. The number of benzene rings is 4. The third-order valence-corrected chi connectivity index (χ3v) is 20.5. The summed E-state index contributed by atoms with van der Waals surface area (Å²) in [7, 11) is 6.21. The second-order valence-corrected chi connectivity index (χ2v) is 26.3. The van der Waals surface area contributed by atoms with Gasteiger partial charge in [-0.1, -0.05) is 71.8 Å². The lowest BCUT2D eigenvalue weighted by atomic mass is 9.68. The van der Waals surface area contributed by atoms with Gasteiger partial charge in [-0.05, 0) is 183 Å². The van der Waals surface area contributed by atoms with Crippen LogP contribution in [0.5, 0.6) is 11.5 Å². The topological polar surface area (TPSA) is 159 Å². The first-order chi connectivity index (χ1) is 42.4. The van der Waals surface area contributed by atoms with Crippen molar-refractivity contribution in [1.29, 1.82) is 0 Å². The van der Waals surface area contributed by atoms with Crippen LogP contribution in [-0.2, 0) is 52.3 Å². The Labute approximate surface area is 531 Å². The SMILES string of the molecule is C=CCCN(C)C(=O)C[C@@H](C(=O)OC)c1ccc2c(c1)N(C[C@@H]1CC[C@H]1[C@@H](O)C=C)C[C@@]1(CCCc3cc(Cl)ccc31)CO2.C=CCCN(C)C(=O)C[C@H](C(=O)OC)c1ccc2c(c1)N(C[C@@H]1CC[C@H]1[C@@H](O)C=C)C[C@@]1(CCCc3cc(Cl)ccc31)CO2. The summed E-state index contributed by atoms with van der Waals surface area (Å²) in [5, 5.41) is 22.8. The fraction of sp³-hybridized carbons (Fsp3) is 0.500. The number of esters is 2. The van der Waals surface area contributed by atoms with Crippen molar-refractivity contribution in [3.8, 4) is 11.5 Å². The van der Waals surface area contributed by atoms with Gasteiger partial charge in [0.05, 0.1) is 62.9 Å². The van der Waals surface area contributed by atoms with Crippen LogP contribution in [0.25, 0.3) is 0 Å². The van der Waals surface area contributed by atoms with E-state index in [-0.39, 0.29) is 47.3 Å². The molecule has 0 radical (unpaired) electrons. The molecule has 0 bridgehead atoms. The van der Waals surface area contributed by atoms with E-state index < -0.39 is 36.0 Å². The highest BCUT2D eigenvalue weighted by molar-refractivity contribution is 6.31. The maximum Gasteiger partial charge on any atom is 0.313 e. The van der Waals surface area contributed by atoms with E-state index in [0.717, 1.165) is 134 Å². The van der Waals surface area contributed by atoms with Gasteiger partial charge in [0.2, 0.25) is 11.8 Å². The van der Waals surface area contributed by atoms with Crippen molar-refractivity contribution >= 4 is 58.3 Å². The van der Waals surface area contributed by atoms with Crippen molar-refractivity contribution in [3.05, 3.63) is 167 Å². The fourth-order valence-electron chi connectivity index (χ4n) is 14.6. The predicted molar refractivity (Wildman–Crippen MR) is 349 cm³/mol. The minimum absolute atomic E-state index is 0.00819. The van der Waals surface area contributed by atoms with Gasteiger partial charge in [-0.15, -0.1) is 26.3 Å². The second kappa shape index (κ2) is 29.4. The van der Waals surface area contributed by atoms with Crippen LogP contribution in [0.4, 0.5) is 11.4 Å².